The molecule has 1 aliphatic rings. The van der Waals surface area contributed by atoms with Crippen LogP contribution in [0, 0.1) is 0 Å². The van der Waals surface area contributed by atoms with Crippen LogP contribution in [0.25, 0.3) is 11.1 Å². The van der Waals surface area contributed by atoms with Gasteiger partial charge in [-0.25, -0.2) is 0 Å². The molecule has 2 aromatic carbocycles. The largest absolute Gasteiger partial charge is 0.0836 e. The molecule has 0 nitrogen and oxygen atoms in total. The summed E-state index contributed by atoms with van der Waals surface area (Å²) in [6.07, 6.45) is 9.88. The molecule has 0 radical (unpaired) electrons. The summed E-state index contributed by atoms with van der Waals surface area (Å²) in [5, 5.41) is 0. The third kappa shape index (κ3) is 2.28. The number of hydrogen-bond acceptors (Lipinski definition) is 0. The van der Waals surface area contributed by atoms with Crippen molar-refractivity contribution in [1.82, 2.24) is 0 Å². The Bertz CT molecular complexity index is 559. The van der Waals surface area contributed by atoms with Crippen LogP contribution in [0.1, 0.15) is 17.9 Å². The molecule has 0 heterocycles. The lowest BCUT2D eigenvalue weighted by Gasteiger charge is -2.13. The van der Waals surface area contributed by atoms with Gasteiger partial charge in [-0.1, -0.05) is 78.9 Å². The quantitative estimate of drug-likeness (QED) is 0.687. The van der Waals surface area contributed by atoms with Crippen LogP contribution in [0.4, 0.5) is 0 Å². The van der Waals surface area contributed by atoms with Crippen molar-refractivity contribution in [2.45, 2.75) is 12.3 Å². The molecule has 0 saturated carbocycles. The fourth-order valence-corrected chi connectivity index (χ4v) is 2.38. The Kier molecular flexibility index (Phi) is 3.10. The van der Waals surface area contributed by atoms with Crippen LogP contribution < -0.4 is 0 Å². The zero-order valence-corrected chi connectivity index (χ0v) is 10.3. The molecule has 1 unspecified atom stereocenters. The highest BCUT2D eigenvalue weighted by atomic mass is 14.1. The molecular weight excluding hydrogens is 216 g/mol. The van der Waals surface area contributed by atoms with Gasteiger partial charge >= 0.3 is 0 Å². The Morgan fingerprint density at radius 1 is 0.722 bits per heavy atom. The summed E-state index contributed by atoms with van der Waals surface area (Å²) in [6.45, 7) is 0. The predicted octanol–water partition coefficient (Wildman–Crippen LogP) is 4.95. The van der Waals surface area contributed by atoms with E-state index in [4.69, 9.17) is 0 Å². The zero-order chi connectivity index (χ0) is 12.2. The van der Waals surface area contributed by atoms with Crippen LogP contribution in [-0.2, 0) is 0 Å². The normalized spacial score (nSPS) is 17.9. The van der Waals surface area contributed by atoms with Gasteiger partial charge in [-0.15, -0.1) is 0 Å². The van der Waals surface area contributed by atoms with Crippen LogP contribution in [0.5, 0.6) is 0 Å². The highest BCUT2D eigenvalue weighted by Gasteiger charge is 2.08. The molecule has 1 atom stereocenters. The van der Waals surface area contributed by atoms with Gasteiger partial charge in [-0.05, 0) is 23.1 Å². The van der Waals surface area contributed by atoms with Crippen molar-refractivity contribution in [3.05, 3.63) is 84.5 Å². The highest BCUT2D eigenvalue weighted by molar-refractivity contribution is 5.63. The summed E-state index contributed by atoms with van der Waals surface area (Å²) in [5.41, 5.74) is 3.97. The lowest BCUT2D eigenvalue weighted by Crippen LogP contribution is -1.95. The summed E-state index contributed by atoms with van der Waals surface area (Å²) in [5.74, 6) is 0.542. The smallest absolute Gasteiger partial charge is 0.00557 e. The monoisotopic (exact) mass is 232 g/mol. The van der Waals surface area contributed by atoms with E-state index in [-0.39, 0.29) is 0 Å². The van der Waals surface area contributed by atoms with E-state index < -0.39 is 0 Å². The van der Waals surface area contributed by atoms with E-state index in [1.165, 1.54) is 16.7 Å². The van der Waals surface area contributed by atoms with E-state index in [1.54, 1.807) is 0 Å². The Morgan fingerprint density at radius 2 is 1.44 bits per heavy atom. The van der Waals surface area contributed by atoms with Crippen molar-refractivity contribution in [3.8, 4) is 11.1 Å². The second kappa shape index (κ2) is 5.05. The van der Waals surface area contributed by atoms with Crippen LogP contribution in [0.3, 0.4) is 0 Å². The van der Waals surface area contributed by atoms with Gasteiger partial charge < -0.3 is 0 Å². The fourth-order valence-electron chi connectivity index (χ4n) is 2.38. The standard InChI is InChI=1S/C18H16/c1-3-7-15(8-4-1)17-11-13-18(14-12-17)16-9-5-2-6-10-16/h1-9,11-14,16H,10H2. The lowest BCUT2D eigenvalue weighted by molar-refractivity contribution is 0.854. The maximum absolute atomic E-state index is 2.28. The summed E-state index contributed by atoms with van der Waals surface area (Å²) in [6, 6.07) is 19.4. The molecule has 88 valence electrons. The van der Waals surface area contributed by atoms with Crippen molar-refractivity contribution >= 4 is 0 Å². The summed E-state index contributed by atoms with van der Waals surface area (Å²) >= 11 is 0. The van der Waals surface area contributed by atoms with E-state index in [2.05, 4.69) is 78.9 Å². The van der Waals surface area contributed by atoms with Gasteiger partial charge in [0.1, 0.15) is 0 Å². The van der Waals surface area contributed by atoms with Gasteiger partial charge in [0.05, 0.1) is 0 Å². The Hall–Kier alpha value is -2.08. The third-order valence-electron chi connectivity index (χ3n) is 3.43. The van der Waals surface area contributed by atoms with Crippen molar-refractivity contribution in [3.63, 3.8) is 0 Å². The number of rotatable bonds is 2. The minimum Gasteiger partial charge on any atom is -0.0836 e. The van der Waals surface area contributed by atoms with Crippen molar-refractivity contribution in [2.24, 2.45) is 0 Å². The summed E-state index contributed by atoms with van der Waals surface area (Å²) < 4.78 is 0. The van der Waals surface area contributed by atoms with Crippen molar-refractivity contribution in [1.29, 1.82) is 0 Å². The minimum atomic E-state index is 0.542. The Morgan fingerprint density at radius 3 is 2.11 bits per heavy atom. The minimum absolute atomic E-state index is 0.542. The molecule has 0 aromatic heterocycles. The van der Waals surface area contributed by atoms with Crippen LogP contribution in [-0.4, -0.2) is 0 Å². The SMILES string of the molecule is C1=CCC(c2ccc(-c3ccccc3)cc2)C=C1. The first-order valence-electron chi connectivity index (χ1n) is 6.42. The molecule has 0 bridgehead atoms. The number of hydrogen-bond donors (Lipinski definition) is 0. The number of benzene rings is 2. The fraction of sp³-hybridized carbons (Fsp3) is 0.111. The topological polar surface area (TPSA) is 0 Å². The van der Waals surface area contributed by atoms with Crippen LogP contribution >= 0.6 is 0 Å². The molecule has 2 aromatic rings. The molecule has 0 N–H and O–H groups in total. The van der Waals surface area contributed by atoms with E-state index in [0.29, 0.717) is 5.92 Å². The molecule has 0 aliphatic heterocycles. The highest BCUT2D eigenvalue weighted by Crippen LogP contribution is 2.27. The predicted molar refractivity (Wildman–Crippen MR) is 77.5 cm³/mol. The molecule has 0 fully saturated rings. The first-order chi connectivity index (χ1) is 8.93. The molecule has 1 aliphatic carbocycles. The Labute approximate surface area is 108 Å². The zero-order valence-electron chi connectivity index (χ0n) is 10.3. The third-order valence-corrected chi connectivity index (χ3v) is 3.43. The molecule has 18 heavy (non-hydrogen) atoms. The van der Waals surface area contributed by atoms with Gasteiger partial charge in [0, 0.05) is 5.92 Å². The lowest BCUT2D eigenvalue weighted by atomic mass is 9.91. The van der Waals surface area contributed by atoms with E-state index >= 15 is 0 Å². The molecule has 0 saturated heterocycles. The van der Waals surface area contributed by atoms with Gasteiger partial charge in [-0.3, -0.25) is 0 Å². The molecule has 0 heteroatoms. The van der Waals surface area contributed by atoms with E-state index in [0.717, 1.165) is 6.42 Å². The summed E-state index contributed by atoms with van der Waals surface area (Å²) in [7, 11) is 0. The molecule has 0 amide bonds. The van der Waals surface area contributed by atoms with Gasteiger partial charge in [-0.2, -0.15) is 0 Å². The number of allylic oxidation sites excluding steroid dienone is 4. The maximum Gasteiger partial charge on any atom is 0.00557 e. The van der Waals surface area contributed by atoms with E-state index in [9.17, 15) is 0 Å². The van der Waals surface area contributed by atoms with E-state index in [1.807, 2.05) is 0 Å². The van der Waals surface area contributed by atoms with Crippen LogP contribution in [0.2, 0.25) is 0 Å². The first kappa shape index (κ1) is 11.0. The maximum atomic E-state index is 2.28. The second-order valence-corrected chi connectivity index (χ2v) is 4.64. The second-order valence-electron chi connectivity index (χ2n) is 4.64. The van der Waals surface area contributed by atoms with Crippen molar-refractivity contribution < 1.29 is 0 Å². The molecule has 3 rings (SSSR count). The molecular formula is C18H16. The Balaban J connectivity index is 1.85. The van der Waals surface area contributed by atoms with Gasteiger partial charge in [0.15, 0.2) is 0 Å². The van der Waals surface area contributed by atoms with Crippen molar-refractivity contribution in [2.75, 3.05) is 0 Å². The molecule has 0 spiro atoms. The van der Waals surface area contributed by atoms with Crippen LogP contribution in [0.15, 0.2) is 78.9 Å². The average molecular weight is 232 g/mol. The van der Waals surface area contributed by atoms with Gasteiger partial charge in [0.25, 0.3) is 0 Å². The average Bonchev–Trinajstić information content (AvgIpc) is 2.49. The summed E-state index contributed by atoms with van der Waals surface area (Å²) in [4.78, 5) is 0. The first-order valence-corrected chi connectivity index (χ1v) is 6.42. The van der Waals surface area contributed by atoms with Gasteiger partial charge in [0.2, 0.25) is 0 Å².